The first-order valence-electron chi connectivity index (χ1n) is 13.9. The van der Waals surface area contributed by atoms with Crippen LogP contribution in [0.5, 0.6) is 0 Å². The molecule has 35 heavy (non-hydrogen) atoms. The third kappa shape index (κ3) is 5.47. The molecule has 1 unspecified atom stereocenters. The van der Waals surface area contributed by atoms with E-state index in [-0.39, 0.29) is 17.6 Å². The first-order chi connectivity index (χ1) is 17.0. The van der Waals surface area contributed by atoms with Crippen LogP contribution in [0.1, 0.15) is 118 Å². The summed E-state index contributed by atoms with van der Waals surface area (Å²) in [5.41, 5.74) is 5.12. The lowest BCUT2D eigenvalue weighted by molar-refractivity contribution is 0.373. The standard InChI is InChI=1S/C33H40F2/c1-3-23-6-10-24(11-7-23)28-16-19-31(33(35)20-28)27-14-12-25(13-15-27)29-17-18-30(32(34)21-29)26-8-4-22(2)5-9-26/h3,8,16-25,27H,1,4-7,9-15H2,2H3. The molecule has 0 bridgehead atoms. The molecule has 2 aromatic rings. The highest BCUT2D eigenvalue weighted by Gasteiger charge is 2.27. The molecule has 186 valence electrons. The molecule has 1 atom stereocenters. The molecule has 5 rings (SSSR count). The fraction of sp³-hybridized carbons (Fsp3) is 0.515. The van der Waals surface area contributed by atoms with Crippen molar-refractivity contribution < 1.29 is 8.78 Å². The second-order valence-electron chi connectivity index (χ2n) is 11.5. The van der Waals surface area contributed by atoms with E-state index in [9.17, 15) is 0 Å². The van der Waals surface area contributed by atoms with E-state index in [1.54, 1.807) is 6.07 Å². The molecule has 0 amide bonds. The SMILES string of the molecule is C=CC1CCC(c2ccc(C3CCC(c4ccc(C5=CCC(C)CC5)c(F)c4)CC3)c(F)c2)CC1. The summed E-state index contributed by atoms with van der Waals surface area (Å²) in [5, 5.41) is 0. The van der Waals surface area contributed by atoms with Crippen LogP contribution in [0.15, 0.2) is 55.1 Å². The molecular formula is C33H40F2. The summed E-state index contributed by atoms with van der Waals surface area (Å²) in [7, 11) is 0. The van der Waals surface area contributed by atoms with Gasteiger partial charge in [0.25, 0.3) is 0 Å². The van der Waals surface area contributed by atoms with Crippen LogP contribution in [0, 0.1) is 23.5 Å². The lowest BCUT2D eigenvalue weighted by atomic mass is 9.75. The second kappa shape index (κ2) is 10.8. The van der Waals surface area contributed by atoms with Gasteiger partial charge in [-0.15, -0.1) is 6.58 Å². The van der Waals surface area contributed by atoms with Gasteiger partial charge >= 0.3 is 0 Å². The molecule has 0 aromatic heterocycles. The van der Waals surface area contributed by atoms with Gasteiger partial charge in [-0.25, -0.2) is 8.78 Å². The van der Waals surface area contributed by atoms with Gasteiger partial charge in [0.1, 0.15) is 11.6 Å². The van der Waals surface area contributed by atoms with Crippen LogP contribution in [0.4, 0.5) is 8.78 Å². The van der Waals surface area contributed by atoms with Crippen LogP contribution in [-0.4, -0.2) is 0 Å². The lowest BCUT2D eigenvalue weighted by Crippen LogP contribution is -2.15. The van der Waals surface area contributed by atoms with Gasteiger partial charge in [0.05, 0.1) is 0 Å². The Morgan fingerprint density at radius 2 is 1.34 bits per heavy atom. The molecule has 0 radical (unpaired) electrons. The fourth-order valence-corrected chi connectivity index (χ4v) is 6.81. The van der Waals surface area contributed by atoms with Crippen molar-refractivity contribution in [1.82, 2.24) is 0 Å². The van der Waals surface area contributed by atoms with E-state index in [2.05, 4.69) is 43.9 Å². The number of benzene rings is 2. The maximum Gasteiger partial charge on any atom is 0.130 e. The van der Waals surface area contributed by atoms with Gasteiger partial charge in [0.15, 0.2) is 0 Å². The Bertz CT molecular complexity index is 1060. The van der Waals surface area contributed by atoms with Crippen molar-refractivity contribution in [2.24, 2.45) is 11.8 Å². The first-order valence-corrected chi connectivity index (χ1v) is 13.9. The van der Waals surface area contributed by atoms with E-state index in [1.165, 1.54) is 24.0 Å². The van der Waals surface area contributed by atoms with Gasteiger partial charge in [-0.1, -0.05) is 43.3 Å². The minimum atomic E-state index is -0.0748. The summed E-state index contributed by atoms with van der Waals surface area (Å²) < 4.78 is 30.2. The quantitative estimate of drug-likeness (QED) is 0.378. The average molecular weight is 475 g/mol. The Balaban J connectivity index is 1.20. The van der Waals surface area contributed by atoms with Gasteiger partial charge in [0, 0.05) is 5.56 Å². The highest BCUT2D eigenvalue weighted by molar-refractivity contribution is 5.67. The van der Waals surface area contributed by atoms with E-state index in [1.807, 2.05) is 12.1 Å². The summed E-state index contributed by atoms with van der Waals surface area (Å²) in [6, 6.07) is 12.0. The van der Waals surface area contributed by atoms with Crippen molar-refractivity contribution in [1.29, 1.82) is 0 Å². The minimum Gasteiger partial charge on any atom is -0.207 e. The molecule has 2 saturated carbocycles. The minimum absolute atomic E-state index is 0.0257. The molecule has 3 aliphatic carbocycles. The van der Waals surface area contributed by atoms with E-state index in [4.69, 9.17) is 0 Å². The third-order valence-electron chi connectivity index (χ3n) is 9.25. The van der Waals surface area contributed by atoms with Gasteiger partial charge in [-0.05, 0) is 135 Å². The molecule has 0 spiro atoms. The van der Waals surface area contributed by atoms with E-state index in [0.717, 1.165) is 74.5 Å². The largest absolute Gasteiger partial charge is 0.207 e. The predicted octanol–water partition coefficient (Wildman–Crippen LogP) is 10.1. The van der Waals surface area contributed by atoms with Crippen molar-refractivity contribution >= 4 is 5.57 Å². The van der Waals surface area contributed by atoms with E-state index < -0.39 is 0 Å². The Kier molecular flexibility index (Phi) is 7.56. The van der Waals surface area contributed by atoms with Crippen LogP contribution in [0.3, 0.4) is 0 Å². The van der Waals surface area contributed by atoms with Gasteiger partial charge in [0.2, 0.25) is 0 Å². The summed E-state index contributed by atoms with van der Waals surface area (Å²) >= 11 is 0. The molecule has 0 aliphatic heterocycles. The summed E-state index contributed by atoms with van der Waals surface area (Å²) in [4.78, 5) is 0. The third-order valence-corrected chi connectivity index (χ3v) is 9.25. The van der Waals surface area contributed by atoms with Gasteiger partial charge < -0.3 is 0 Å². The maximum atomic E-state index is 15.2. The molecule has 0 heterocycles. The zero-order chi connectivity index (χ0) is 24.4. The Hall–Kier alpha value is -2.22. The Morgan fingerprint density at radius 1 is 0.743 bits per heavy atom. The zero-order valence-electron chi connectivity index (χ0n) is 21.2. The van der Waals surface area contributed by atoms with Crippen LogP contribution >= 0.6 is 0 Å². The lowest BCUT2D eigenvalue weighted by Gasteiger charge is -2.30. The topological polar surface area (TPSA) is 0 Å². The summed E-state index contributed by atoms with van der Waals surface area (Å²) in [5.74, 6) is 2.36. The number of halogens is 2. The summed E-state index contributed by atoms with van der Waals surface area (Å²) in [6.45, 7) is 6.20. The molecular weight excluding hydrogens is 434 g/mol. The highest BCUT2D eigenvalue weighted by atomic mass is 19.1. The zero-order valence-corrected chi connectivity index (χ0v) is 21.2. The molecule has 2 fully saturated rings. The smallest absolute Gasteiger partial charge is 0.130 e. The average Bonchev–Trinajstić information content (AvgIpc) is 2.89. The van der Waals surface area contributed by atoms with Gasteiger partial charge in [-0.2, -0.15) is 0 Å². The molecule has 3 aliphatic rings. The normalized spacial score (nSPS) is 29.5. The van der Waals surface area contributed by atoms with Crippen molar-refractivity contribution in [2.45, 2.75) is 95.3 Å². The number of hydrogen-bond donors (Lipinski definition) is 0. The monoisotopic (exact) mass is 474 g/mol. The molecule has 2 heteroatoms. The first kappa shape index (κ1) is 24.5. The molecule has 0 saturated heterocycles. The molecule has 0 N–H and O–H groups in total. The van der Waals surface area contributed by atoms with Crippen LogP contribution < -0.4 is 0 Å². The van der Waals surface area contributed by atoms with Crippen LogP contribution in [-0.2, 0) is 0 Å². The number of rotatable bonds is 5. The summed E-state index contributed by atoms with van der Waals surface area (Å²) in [6.07, 6.45) is 16.0. The maximum absolute atomic E-state index is 15.2. The highest BCUT2D eigenvalue weighted by Crippen LogP contribution is 2.43. The predicted molar refractivity (Wildman–Crippen MR) is 143 cm³/mol. The van der Waals surface area contributed by atoms with Crippen molar-refractivity contribution in [3.05, 3.63) is 89.0 Å². The Labute approximate surface area is 210 Å². The van der Waals surface area contributed by atoms with Crippen LogP contribution in [0.25, 0.3) is 5.57 Å². The van der Waals surface area contributed by atoms with Crippen molar-refractivity contribution in [2.75, 3.05) is 0 Å². The van der Waals surface area contributed by atoms with Crippen LogP contribution in [0.2, 0.25) is 0 Å². The molecule has 0 nitrogen and oxygen atoms in total. The van der Waals surface area contributed by atoms with Crippen molar-refractivity contribution in [3.8, 4) is 0 Å². The number of hydrogen-bond acceptors (Lipinski definition) is 0. The molecule has 2 aromatic carbocycles. The fourth-order valence-electron chi connectivity index (χ4n) is 6.81. The van der Waals surface area contributed by atoms with Gasteiger partial charge in [-0.3, -0.25) is 0 Å². The van der Waals surface area contributed by atoms with Crippen molar-refractivity contribution in [3.63, 3.8) is 0 Å². The van der Waals surface area contributed by atoms with E-state index in [0.29, 0.717) is 23.7 Å². The second-order valence-corrected chi connectivity index (χ2v) is 11.5. The number of allylic oxidation sites excluding steroid dienone is 3. The van der Waals surface area contributed by atoms with E-state index >= 15 is 8.78 Å². The Morgan fingerprint density at radius 3 is 1.91 bits per heavy atom.